The Hall–Kier alpha value is -2.41. The van der Waals surface area contributed by atoms with Crippen molar-refractivity contribution in [1.82, 2.24) is 9.80 Å². The summed E-state index contributed by atoms with van der Waals surface area (Å²) in [5.41, 5.74) is 2.43. The van der Waals surface area contributed by atoms with Crippen molar-refractivity contribution in [3.8, 4) is 0 Å². The first-order valence-corrected chi connectivity index (χ1v) is 11.5. The zero-order valence-electron chi connectivity index (χ0n) is 17.6. The number of nitrogens with zero attached hydrogens (tertiary/aromatic N) is 2. The average Bonchev–Trinajstić information content (AvgIpc) is 3.46. The molecule has 0 bridgehead atoms. The minimum absolute atomic E-state index is 0.119. The first-order chi connectivity index (χ1) is 14.7. The highest BCUT2D eigenvalue weighted by molar-refractivity contribution is 7.16. The number of likely N-dealkylation sites (N-methyl/N-ethyl adjacent to an activating group) is 1. The lowest BCUT2D eigenvalue weighted by molar-refractivity contribution is 0.0995. The summed E-state index contributed by atoms with van der Waals surface area (Å²) in [4.78, 5) is 19.0. The molecule has 4 rings (SSSR count). The lowest BCUT2D eigenvalue weighted by Gasteiger charge is -2.39. The van der Waals surface area contributed by atoms with Crippen molar-refractivity contribution in [3.63, 3.8) is 0 Å². The molecule has 0 spiro atoms. The average molecular weight is 424 g/mol. The SMILES string of the molecule is CCc1cc(C(c2ccccc2)N2CCN(CC)CC2)c(NC(=O)c2ccco2)s1. The van der Waals surface area contributed by atoms with Gasteiger partial charge in [0.25, 0.3) is 5.91 Å². The van der Waals surface area contributed by atoms with E-state index in [0.29, 0.717) is 5.76 Å². The lowest BCUT2D eigenvalue weighted by atomic mass is 9.97. The van der Waals surface area contributed by atoms with Crippen LogP contribution in [0.15, 0.2) is 59.2 Å². The Kier molecular flexibility index (Phi) is 6.67. The number of amides is 1. The Morgan fingerprint density at radius 1 is 1.10 bits per heavy atom. The molecule has 1 aliphatic rings. The molecule has 0 saturated carbocycles. The van der Waals surface area contributed by atoms with Crippen LogP contribution in [-0.2, 0) is 6.42 Å². The minimum atomic E-state index is -0.201. The van der Waals surface area contributed by atoms with Crippen molar-refractivity contribution < 1.29 is 9.21 Å². The topological polar surface area (TPSA) is 48.7 Å². The summed E-state index contributed by atoms with van der Waals surface area (Å²) >= 11 is 1.67. The summed E-state index contributed by atoms with van der Waals surface area (Å²) < 4.78 is 5.30. The molecule has 0 radical (unpaired) electrons. The number of thiophene rings is 1. The molecular formula is C24H29N3O2S. The number of aryl methyl sites for hydroxylation is 1. The van der Waals surface area contributed by atoms with Crippen molar-refractivity contribution in [3.05, 3.63) is 76.6 Å². The highest BCUT2D eigenvalue weighted by Gasteiger charge is 2.29. The Morgan fingerprint density at radius 2 is 1.87 bits per heavy atom. The summed E-state index contributed by atoms with van der Waals surface area (Å²) in [6.45, 7) is 9.63. The molecule has 1 atom stereocenters. The molecule has 1 N–H and O–H groups in total. The van der Waals surface area contributed by atoms with Crippen LogP contribution in [0.4, 0.5) is 5.00 Å². The standard InChI is InChI=1S/C24H29N3O2S/c1-3-19-17-20(24(30-19)25-23(28)21-11-8-16-29-21)22(18-9-6-5-7-10-18)27-14-12-26(4-2)13-15-27/h5-11,16-17,22H,3-4,12-15H2,1-2H3,(H,25,28). The van der Waals surface area contributed by atoms with E-state index in [-0.39, 0.29) is 11.9 Å². The van der Waals surface area contributed by atoms with Crippen LogP contribution >= 0.6 is 11.3 Å². The molecule has 1 fully saturated rings. The summed E-state index contributed by atoms with van der Waals surface area (Å²) in [7, 11) is 0. The van der Waals surface area contributed by atoms with Crippen molar-refractivity contribution >= 4 is 22.2 Å². The van der Waals surface area contributed by atoms with Crippen LogP contribution in [0.1, 0.15) is 46.4 Å². The third-order valence-electron chi connectivity index (χ3n) is 5.76. The van der Waals surface area contributed by atoms with Gasteiger partial charge >= 0.3 is 0 Å². The van der Waals surface area contributed by atoms with Crippen molar-refractivity contribution in [2.75, 3.05) is 38.0 Å². The molecule has 3 heterocycles. The molecule has 1 aliphatic heterocycles. The van der Waals surface area contributed by atoms with Crippen molar-refractivity contribution in [2.45, 2.75) is 26.3 Å². The maximum absolute atomic E-state index is 12.7. The number of hydrogen-bond acceptors (Lipinski definition) is 5. The molecule has 1 unspecified atom stereocenters. The number of anilines is 1. The molecule has 0 aliphatic carbocycles. The summed E-state index contributed by atoms with van der Waals surface area (Å²) in [6.07, 6.45) is 2.47. The van der Waals surface area contributed by atoms with Gasteiger partial charge in [0.05, 0.1) is 12.3 Å². The fourth-order valence-corrected chi connectivity index (χ4v) is 5.09. The van der Waals surface area contributed by atoms with Crippen molar-refractivity contribution in [2.24, 2.45) is 0 Å². The number of hydrogen-bond donors (Lipinski definition) is 1. The molecule has 6 heteroatoms. The maximum Gasteiger partial charge on any atom is 0.291 e. The molecule has 30 heavy (non-hydrogen) atoms. The van der Waals surface area contributed by atoms with E-state index in [1.165, 1.54) is 22.3 Å². The van der Waals surface area contributed by atoms with Gasteiger partial charge in [0.1, 0.15) is 5.00 Å². The van der Waals surface area contributed by atoms with E-state index >= 15 is 0 Å². The molecule has 5 nitrogen and oxygen atoms in total. The molecule has 2 aromatic heterocycles. The maximum atomic E-state index is 12.7. The van der Waals surface area contributed by atoms with Crippen LogP contribution in [0.25, 0.3) is 0 Å². The molecule has 1 aromatic carbocycles. The zero-order valence-corrected chi connectivity index (χ0v) is 18.5. The van der Waals surface area contributed by atoms with Crippen LogP contribution < -0.4 is 5.32 Å². The second-order valence-corrected chi connectivity index (χ2v) is 8.70. The van der Waals surface area contributed by atoms with E-state index in [1.54, 1.807) is 23.5 Å². The van der Waals surface area contributed by atoms with Gasteiger partial charge in [0.15, 0.2) is 5.76 Å². The quantitative estimate of drug-likeness (QED) is 0.588. The van der Waals surface area contributed by atoms with Crippen LogP contribution in [0.2, 0.25) is 0 Å². The molecule has 158 valence electrons. The largest absolute Gasteiger partial charge is 0.459 e. The first kappa shape index (κ1) is 20.8. The predicted octanol–water partition coefficient (Wildman–Crippen LogP) is 4.88. The summed E-state index contributed by atoms with van der Waals surface area (Å²) in [6, 6.07) is 16.5. The second-order valence-electron chi connectivity index (χ2n) is 7.57. The van der Waals surface area contributed by atoms with Gasteiger partial charge in [-0.05, 0) is 36.7 Å². The number of nitrogens with one attached hydrogen (secondary N) is 1. The number of benzene rings is 1. The van der Waals surface area contributed by atoms with E-state index in [2.05, 4.69) is 65.4 Å². The molecular weight excluding hydrogens is 394 g/mol. The van der Waals surface area contributed by atoms with Gasteiger partial charge in [-0.3, -0.25) is 9.69 Å². The number of piperazine rings is 1. The Bertz CT molecular complexity index is 944. The minimum Gasteiger partial charge on any atom is -0.459 e. The van der Waals surface area contributed by atoms with Gasteiger partial charge in [-0.15, -0.1) is 11.3 Å². The van der Waals surface area contributed by atoms with Gasteiger partial charge in [-0.1, -0.05) is 44.2 Å². The monoisotopic (exact) mass is 423 g/mol. The van der Waals surface area contributed by atoms with E-state index < -0.39 is 0 Å². The highest BCUT2D eigenvalue weighted by Crippen LogP contribution is 2.40. The molecule has 1 saturated heterocycles. The molecule has 1 amide bonds. The second kappa shape index (κ2) is 9.60. The lowest BCUT2D eigenvalue weighted by Crippen LogP contribution is -2.47. The van der Waals surface area contributed by atoms with Gasteiger partial charge in [-0.2, -0.15) is 0 Å². The van der Waals surface area contributed by atoms with Crippen LogP contribution in [0, 0.1) is 0 Å². The van der Waals surface area contributed by atoms with E-state index in [0.717, 1.165) is 44.1 Å². The molecule has 3 aromatic rings. The van der Waals surface area contributed by atoms with Crippen LogP contribution in [0.5, 0.6) is 0 Å². The number of carbonyl (C=O) groups excluding carboxylic acids is 1. The van der Waals surface area contributed by atoms with Gasteiger partial charge in [0.2, 0.25) is 0 Å². The highest BCUT2D eigenvalue weighted by atomic mass is 32.1. The first-order valence-electron chi connectivity index (χ1n) is 10.7. The summed E-state index contributed by atoms with van der Waals surface area (Å²) in [5, 5.41) is 4.04. The fourth-order valence-electron chi connectivity index (χ4n) is 4.07. The smallest absolute Gasteiger partial charge is 0.291 e. The van der Waals surface area contributed by atoms with E-state index in [4.69, 9.17) is 4.42 Å². The number of furan rings is 1. The van der Waals surface area contributed by atoms with Crippen LogP contribution in [0.3, 0.4) is 0 Å². The third kappa shape index (κ3) is 4.51. The van der Waals surface area contributed by atoms with Gasteiger partial charge < -0.3 is 14.6 Å². The van der Waals surface area contributed by atoms with Gasteiger partial charge in [0, 0.05) is 36.6 Å². The summed E-state index contributed by atoms with van der Waals surface area (Å²) in [5.74, 6) is 0.133. The number of carbonyl (C=O) groups is 1. The Balaban J connectivity index is 1.69. The van der Waals surface area contributed by atoms with Crippen molar-refractivity contribution in [1.29, 1.82) is 0 Å². The van der Waals surface area contributed by atoms with E-state index in [9.17, 15) is 4.79 Å². The Labute approximate surface area is 182 Å². The zero-order chi connectivity index (χ0) is 20.9. The predicted molar refractivity (Wildman–Crippen MR) is 122 cm³/mol. The number of rotatable bonds is 7. The van der Waals surface area contributed by atoms with E-state index in [1.807, 2.05) is 0 Å². The fraction of sp³-hybridized carbons (Fsp3) is 0.375. The normalized spacial score (nSPS) is 16.5. The Morgan fingerprint density at radius 3 is 2.50 bits per heavy atom. The third-order valence-corrected chi connectivity index (χ3v) is 6.97. The van der Waals surface area contributed by atoms with Crippen LogP contribution in [-0.4, -0.2) is 48.4 Å². The van der Waals surface area contributed by atoms with Gasteiger partial charge in [-0.25, -0.2) is 0 Å².